The lowest BCUT2D eigenvalue weighted by atomic mass is 10.1. The minimum Gasteiger partial charge on any atom is -0.397 e. The van der Waals surface area contributed by atoms with E-state index in [1.165, 1.54) is 11.1 Å². The third kappa shape index (κ3) is 4.58. The topological polar surface area (TPSA) is 110 Å². The Hall–Kier alpha value is -2.71. The van der Waals surface area contributed by atoms with Crippen molar-refractivity contribution >= 4 is 35.7 Å². The van der Waals surface area contributed by atoms with Crippen LogP contribution in [0, 0.1) is 0 Å². The lowest BCUT2D eigenvalue weighted by Crippen LogP contribution is -2.33. The number of amides is 1. The zero-order valence-electron chi connectivity index (χ0n) is 15.4. The molecule has 28 heavy (non-hydrogen) atoms. The van der Waals surface area contributed by atoms with Crippen LogP contribution in [-0.2, 0) is 16.1 Å². The Morgan fingerprint density at radius 2 is 2.25 bits per heavy atom. The van der Waals surface area contributed by atoms with Crippen molar-refractivity contribution in [3.8, 4) is 0 Å². The zero-order chi connectivity index (χ0) is 20.1. The molecule has 1 aromatic heterocycles. The maximum absolute atomic E-state index is 12.3. The maximum atomic E-state index is 12.3. The summed E-state index contributed by atoms with van der Waals surface area (Å²) in [6.45, 7) is 5.65. The molecule has 0 aliphatic carbocycles. The van der Waals surface area contributed by atoms with Gasteiger partial charge in [0.15, 0.2) is 0 Å². The molecule has 0 atom stereocenters. The molecule has 0 unspecified atom stereocenters. The van der Waals surface area contributed by atoms with Gasteiger partial charge in [0.25, 0.3) is 5.91 Å². The Morgan fingerprint density at radius 1 is 1.50 bits per heavy atom. The van der Waals surface area contributed by atoms with E-state index in [1.54, 1.807) is 12.3 Å². The number of nitrogens with two attached hydrogens (primary N) is 1. The van der Waals surface area contributed by atoms with E-state index in [2.05, 4.69) is 21.9 Å². The van der Waals surface area contributed by atoms with Gasteiger partial charge in [0, 0.05) is 37.2 Å². The number of nitrogens with zero attached hydrogens (tertiary/aromatic N) is 3. The molecule has 8 nitrogen and oxygen atoms in total. The largest absolute Gasteiger partial charge is 0.397 e. The van der Waals surface area contributed by atoms with Gasteiger partial charge >= 0.3 is 0 Å². The predicted molar refractivity (Wildman–Crippen MR) is 107 cm³/mol. The zero-order valence-corrected chi connectivity index (χ0v) is 16.1. The van der Waals surface area contributed by atoms with Gasteiger partial charge in [-0.1, -0.05) is 18.2 Å². The van der Waals surface area contributed by atoms with E-state index in [4.69, 9.17) is 22.1 Å². The van der Waals surface area contributed by atoms with Crippen molar-refractivity contribution in [1.82, 2.24) is 15.2 Å². The number of aromatic nitrogens is 1. The van der Waals surface area contributed by atoms with Gasteiger partial charge in [-0.2, -0.15) is 0 Å². The van der Waals surface area contributed by atoms with Crippen molar-refractivity contribution in [2.24, 2.45) is 10.7 Å². The first-order chi connectivity index (χ1) is 13.5. The number of fused-ring (bicyclic) bond motifs is 1. The molecule has 148 valence electrons. The van der Waals surface area contributed by atoms with Gasteiger partial charge in [-0.25, -0.2) is 4.99 Å². The third-order valence-electron chi connectivity index (χ3n) is 4.62. The molecule has 0 bridgehead atoms. The summed E-state index contributed by atoms with van der Waals surface area (Å²) in [6.07, 6.45) is 5.45. The smallest absolute Gasteiger partial charge is 0.256 e. The summed E-state index contributed by atoms with van der Waals surface area (Å²) in [5, 5.41) is 3.44. The summed E-state index contributed by atoms with van der Waals surface area (Å²) in [5.41, 5.74) is 7.91. The van der Waals surface area contributed by atoms with Gasteiger partial charge < -0.3 is 25.5 Å². The van der Waals surface area contributed by atoms with E-state index in [1.807, 2.05) is 0 Å². The number of carbonyl (C=O) groups is 2. The molecule has 0 radical (unpaired) electrons. The average Bonchev–Trinajstić information content (AvgIpc) is 3.01. The SMILES string of the molecule is C=C(/N=C\C(Cl)=C(/N)c1cnc2c(c1)C(=O)N(CC=O)C2)NC1CCOCC1. The van der Waals surface area contributed by atoms with Gasteiger partial charge in [-0.15, -0.1) is 0 Å². The van der Waals surface area contributed by atoms with E-state index in [-0.39, 0.29) is 29.2 Å². The summed E-state index contributed by atoms with van der Waals surface area (Å²) >= 11 is 6.27. The van der Waals surface area contributed by atoms with Crippen molar-refractivity contribution in [1.29, 1.82) is 0 Å². The molecule has 0 spiro atoms. The fourth-order valence-electron chi connectivity index (χ4n) is 3.07. The van der Waals surface area contributed by atoms with Gasteiger partial charge in [0.2, 0.25) is 0 Å². The summed E-state index contributed by atoms with van der Waals surface area (Å²) in [4.78, 5) is 32.9. The predicted octanol–water partition coefficient (Wildman–Crippen LogP) is 1.41. The van der Waals surface area contributed by atoms with Crippen LogP contribution in [0.15, 0.2) is 34.7 Å². The summed E-state index contributed by atoms with van der Waals surface area (Å²) in [7, 11) is 0. The number of nitrogens with one attached hydrogen (secondary N) is 1. The van der Waals surface area contributed by atoms with E-state index in [9.17, 15) is 9.59 Å². The molecular weight excluding hydrogens is 382 g/mol. The molecule has 3 rings (SSSR count). The molecule has 2 aliphatic rings. The van der Waals surface area contributed by atoms with E-state index in [0.717, 1.165) is 26.1 Å². The fraction of sp³-hybridized carbons (Fsp3) is 0.368. The number of ether oxygens (including phenoxy) is 1. The van der Waals surface area contributed by atoms with Gasteiger partial charge in [-0.3, -0.25) is 9.78 Å². The Labute approximate surface area is 168 Å². The average molecular weight is 404 g/mol. The minimum atomic E-state index is -0.247. The van der Waals surface area contributed by atoms with Crippen LogP contribution in [0.1, 0.15) is 34.5 Å². The molecule has 1 amide bonds. The normalized spacial score (nSPS) is 18.2. The van der Waals surface area contributed by atoms with Crippen molar-refractivity contribution < 1.29 is 14.3 Å². The summed E-state index contributed by atoms with van der Waals surface area (Å²) in [5.74, 6) is 0.243. The molecule has 9 heteroatoms. The second-order valence-electron chi connectivity index (χ2n) is 6.57. The van der Waals surface area contributed by atoms with E-state index >= 15 is 0 Å². The monoisotopic (exact) mass is 403 g/mol. The number of carbonyl (C=O) groups excluding carboxylic acids is 2. The Balaban J connectivity index is 1.69. The number of rotatable bonds is 7. The number of aldehydes is 1. The summed E-state index contributed by atoms with van der Waals surface area (Å²) < 4.78 is 5.32. The Kier molecular flexibility index (Phi) is 6.43. The van der Waals surface area contributed by atoms with Crippen molar-refractivity contribution in [2.75, 3.05) is 19.8 Å². The highest BCUT2D eigenvalue weighted by molar-refractivity contribution is 6.42. The number of halogens is 1. The third-order valence-corrected chi connectivity index (χ3v) is 4.92. The van der Waals surface area contributed by atoms with Gasteiger partial charge in [0.05, 0.1) is 35.1 Å². The second kappa shape index (κ2) is 8.99. The first-order valence-electron chi connectivity index (χ1n) is 8.94. The molecule has 2 aliphatic heterocycles. The quantitative estimate of drug-likeness (QED) is 0.526. The second-order valence-corrected chi connectivity index (χ2v) is 6.98. The fourth-order valence-corrected chi connectivity index (χ4v) is 3.23. The highest BCUT2D eigenvalue weighted by Crippen LogP contribution is 2.24. The first-order valence-corrected chi connectivity index (χ1v) is 9.32. The molecule has 1 aromatic rings. The van der Waals surface area contributed by atoms with Crippen LogP contribution in [0.5, 0.6) is 0 Å². The molecule has 1 fully saturated rings. The van der Waals surface area contributed by atoms with Crippen LogP contribution in [0.3, 0.4) is 0 Å². The summed E-state index contributed by atoms with van der Waals surface area (Å²) in [6, 6.07) is 1.91. The lowest BCUT2D eigenvalue weighted by Gasteiger charge is -2.23. The lowest BCUT2D eigenvalue weighted by molar-refractivity contribution is -0.108. The van der Waals surface area contributed by atoms with Crippen LogP contribution in [0.4, 0.5) is 0 Å². The van der Waals surface area contributed by atoms with E-state index < -0.39 is 0 Å². The highest BCUT2D eigenvalue weighted by Gasteiger charge is 2.28. The maximum Gasteiger partial charge on any atom is 0.256 e. The molecule has 1 saturated heterocycles. The van der Waals surface area contributed by atoms with E-state index in [0.29, 0.717) is 35.5 Å². The van der Waals surface area contributed by atoms with Crippen LogP contribution in [-0.4, -0.2) is 54.1 Å². The number of allylic oxidation sites excluding steroid dienone is 1. The van der Waals surface area contributed by atoms with Gasteiger partial charge in [-0.05, 0) is 18.9 Å². The highest BCUT2D eigenvalue weighted by atomic mass is 35.5. The Morgan fingerprint density at radius 3 is 2.96 bits per heavy atom. The number of pyridine rings is 1. The molecule has 3 heterocycles. The number of hydrogen-bond acceptors (Lipinski definition) is 7. The number of aliphatic imine (C=N–C) groups is 1. The first kappa shape index (κ1) is 20.0. The minimum absolute atomic E-state index is 0.0332. The van der Waals surface area contributed by atoms with Crippen LogP contribution in [0.2, 0.25) is 0 Å². The van der Waals surface area contributed by atoms with Gasteiger partial charge in [0.1, 0.15) is 12.1 Å². The molecule has 0 aromatic carbocycles. The molecular formula is C19H22ClN5O3. The number of hydrogen-bond donors (Lipinski definition) is 2. The van der Waals surface area contributed by atoms with Crippen molar-refractivity contribution in [2.45, 2.75) is 25.4 Å². The Bertz CT molecular complexity index is 846. The van der Waals surface area contributed by atoms with Crippen molar-refractivity contribution in [3.63, 3.8) is 0 Å². The molecule has 0 saturated carbocycles. The van der Waals surface area contributed by atoms with Crippen LogP contribution < -0.4 is 11.1 Å². The molecule has 3 N–H and O–H groups in total. The van der Waals surface area contributed by atoms with Crippen molar-refractivity contribution in [3.05, 3.63) is 46.5 Å². The van der Waals surface area contributed by atoms with Crippen LogP contribution in [0.25, 0.3) is 5.70 Å². The van der Waals surface area contributed by atoms with Crippen LogP contribution >= 0.6 is 11.6 Å². The standard InChI is InChI=1S/C19H22ClN5O3/c1-12(24-14-2-6-28-7-3-14)22-10-16(20)18(21)13-8-15-17(23-9-13)11-25(4-5-26)19(15)27/h5,8-10,14,24H,1-4,6-7,11,21H2/b18-16+,22-10-.